The van der Waals surface area contributed by atoms with Crippen LogP contribution in [0, 0.1) is 40.4 Å². The van der Waals surface area contributed by atoms with E-state index in [0.717, 1.165) is 48.9 Å². The summed E-state index contributed by atoms with van der Waals surface area (Å²) in [6.07, 6.45) is 17.0. The Bertz CT molecular complexity index is 491. The lowest BCUT2D eigenvalue weighted by Gasteiger charge is -2.61. The van der Waals surface area contributed by atoms with Crippen molar-refractivity contribution in [3.63, 3.8) is 0 Å². The quantitative estimate of drug-likeness (QED) is 0.410. The molecule has 0 bridgehead atoms. The fourth-order valence-corrected chi connectivity index (χ4v) is 8.50. The molecule has 2 heteroatoms. The van der Waals surface area contributed by atoms with Crippen LogP contribution < -0.4 is 0 Å². The predicted molar refractivity (Wildman–Crippen MR) is 141 cm³/mol. The summed E-state index contributed by atoms with van der Waals surface area (Å²) in [6, 6.07) is 0. The van der Waals surface area contributed by atoms with Gasteiger partial charge in [-0.15, -0.1) is 0 Å². The van der Waals surface area contributed by atoms with Crippen molar-refractivity contribution in [2.24, 2.45) is 40.4 Å². The highest BCUT2D eigenvalue weighted by atomic mass is 16.3. The van der Waals surface area contributed by atoms with Crippen LogP contribution in [0.15, 0.2) is 0 Å². The van der Waals surface area contributed by atoms with E-state index in [0.29, 0.717) is 17.4 Å². The standard InChI is InChI=1S/C24H42O2.3C2H6/c1-23-14-12-22-20(9-7-18-16-19(26)11-13-24(18,22)2)21(23)10-8-17(23)6-4-3-5-15-25;3*1-2/h17-22,25-26H,3-16H2,1-2H3;3*1-2H3/t17-,18?,19?,20?,21?,22?,23?,24?;;;/m0.../s1. The summed E-state index contributed by atoms with van der Waals surface area (Å²) in [6.45, 7) is 17.6. The number of aliphatic hydroxyl groups excluding tert-OH is 2. The Balaban J connectivity index is 0.000000789. The molecule has 7 unspecified atom stereocenters. The number of aliphatic hydroxyl groups is 2. The second kappa shape index (κ2) is 14.3. The first-order valence-corrected chi connectivity index (χ1v) is 14.8. The minimum absolute atomic E-state index is 0.0201. The van der Waals surface area contributed by atoms with E-state index in [4.69, 9.17) is 5.11 Å². The van der Waals surface area contributed by atoms with Gasteiger partial charge in [-0.3, -0.25) is 0 Å². The molecule has 0 aliphatic heterocycles. The van der Waals surface area contributed by atoms with Crippen molar-refractivity contribution in [2.45, 2.75) is 145 Å². The van der Waals surface area contributed by atoms with Crippen LogP contribution in [0.25, 0.3) is 0 Å². The third-order valence-electron chi connectivity index (χ3n) is 10.0. The minimum Gasteiger partial charge on any atom is -0.396 e. The van der Waals surface area contributed by atoms with Crippen molar-refractivity contribution in [1.29, 1.82) is 0 Å². The summed E-state index contributed by atoms with van der Waals surface area (Å²) in [5.74, 6) is 4.58. The number of hydrogen-bond donors (Lipinski definition) is 2. The number of fused-ring (bicyclic) bond motifs is 5. The first kappa shape index (κ1) is 30.0. The van der Waals surface area contributed by atoms with E-state index >= 15 is 0 Å². The lowest BCUT2D eigenvalue weighted by molar-refractivity contribution is -0.127. The van der Waals surface area contributed by atoms with E-state index in [1.807, 2.05) is 41.5 Å². The molecule has 2 nitrogen and oxygen atoms in total. The highest BCUT2D eigenvalue weighted by Gasteiger charge is 2.59. The zero-order chi connectivity index (χ0) is 24.4. The Labute approximate surface area is 202 Å². The molecule has 4 fully saturated rings. The summed E-state index contributed by atoms with van der Waals surface area (Å²) in [7, 11) is 0. The Morgan fingerprint density at radius 3 is 1.97 bits per heavy atom. The van der Waals surface area contributed by atoms with Crippen LogP contribution in [0.1, 0.15) is 139 Å². The first-order chi connectivity index (χ1) is 15.5. The van der Waals surface area contributed by atoms with Crippen molar-refractivity contribution in [1.82, 2.24) is 0 Å². The lowest BCUT2D eigenvalue weighted by atomic mass is 9.44. The van der Waals surface area contributed by atoms with Gasteiger partial charge in [0.2, 0.25) is 0 Å². The molecule has 192 valence electrons. The van der Waals surface area contributed by atoms with Crippen molar-refractivity contribution in [3.05, 3.63) is 0 Å². The average molecular weight is 453 g/mol. The Hall–Kier alpha value is -0.0800. The van der Waals surface area contributed by atoms with Crippen molar-refractivity contribution >= 4 is 0 Å². The molecule has 0 heterocycles. The van der Waals surface area contributed by atoms with E-state index in [-0.39, 0.29) is 6.10 Å². The molecule has 8 atom stereocenters. The van der Waals surface area contributed by atoms with E-state index in [2.05, 4.69) is 13.8 Å². The molecule has 2 N–H and O–H groups in total. The molecule has 4 aliphatic carbocycles. The molecule has 0 aromatic heterocycles. The van der Waals surface area contributed by atoms with Crippen molar-refractivity contribution in [2.75, 3.05) is 6.61 Å². The van der Waals surface area contributed by atoms with Gasteiger partial charge in [-0.25, -0.2) is 0 Å². The Morgan fingerprint density at radius 2 is 1.31 bits per heavy atom. The van der Waals surface area contributed by atoms with E-state index < -0.39 is 0 Å². The zero-order valence-corrected chi connectivity index (χ0v) is 23.3. The summed E-state index contributed by atoms with van der Waals surface area (Å²) >= 11 is 0. The highest BCUT2D eigenvalue weighted by Crippen LogP contribution is 2.67. The van der Waals surface area contributed by atoms with Crippen LogP contribution in [0.4, 0.5) is 0 Å². The fourth-order valence-electron chi connectivity index (χ4n) is 8.50. The molecule has 4 aliphatic rings. The monoisotopic (exact) mass is 452 g/mol. The third-order valence-corrected chi connectivity index (χ3v) is 10.0. The van der Waals surface area contributed by atoms with Crippen LogP contribution in [0.2, 0.25) is 0 Å². The predicted octanol–water partition coefficient (Wildman–Crippen LogP) is 8.64. The largest absolute Gasteiger partial charge is 0.396 e. The fraction of sp³-hybridized carbons (Fsp3) is 1.00. The smallest absolute Gasteiger partial charge is 0.0543 e. The third kappa shape index (κ3) is 6.12. The molecule has 0 aromatic rings. The second-order valence-corrected chi connectivity index (χ2v) is 11.0. The van der Waals surface area contributed by atoms with Gasteiger partial charge in [0.05, 0.1) is 6.10 Å². The van der Waals surface area contributed by atoms with Crippen LogP contribution in [0.5, 0.6) is 0 Å². The molecular formula is C30H60O2. The van der Waals surface area contributed by atoms with E-state index in [9.17, 15) is 5.11 Å². The van der Waals surface area contributed by atoms with Gasteiger partial charge >= 0.3 is 0 Å². The molecular weight excluding hydrogens is 392 g/mol. The maximum absolute atomic E-state index is 10.2. The molecule has 0 radical (unpaired) electrons. The van der Waals surface area contributed by atoms with Gasteiger partial charge in [-0.1, -0.05) is 68.2 Å². The van der Waals surface area contributed by atoms with Gasteiger partial charge in [0.25, 0.3) is 0 Å². The molecule has 0 spiro atoms. The molecule has 4 saturated carbocycles. The topological polar surface area (TPSA) is 40.5 Å². The van der Waals surface area contributed by atoms with Crippen LogP contribution in [0.3, 0.4) is 0 Å². The van der Waals surface area contributed by atoms with Crippen LogP contribution in [-0.2, 0) is 0 Å². The maximum Gasteiger partial charge on any atom is 0.0543 e. The molecule has 0 amide bonds. The van der Waals surface area contributed by atoms with Crippen molar-refractivity contribution < 1.29 is 10.2 Å². The zero-order valence-electron chi connectivity index (χ0n) is 23.3. The molecule has 0 saturated heterocycles. The van der Waals surface area contributed by atoms with E-state index in [1.165, 1.54) is 64.2 Å². The number of hydrogen-bond acceptors (Lipinski definition) is 2. The lowest BCUT2D eigenvalue weighted by Crippen LogP contribution is -2.53. The number of unbranched alkanes of at least 4 members (excludes halogenated alkanes) is 2. The summed E-state index contributed by atoms with van der Waals surface area (Å²) in [5.41, 5.74) is 1.11. The summed E-state index contributed by atoms with van der Waals surface area (Å²) in [5, 5.41) is 19.2. The highest BCUT2D eigenvalue weighted by molar-refractivity contribution is 5.09. The molecule has 32 heavy (non-hydrogen) atoms. The number of rotatable bonds is 5. The Morgan fingerprint density at radius 1 is 0.688 bits per heavy atom. The minimum atomic E-state index is -0.0201. The van der Waals surface area contributed by atoms with Crippen LogP contribution in [-0.4, -0.2) is 22.9 Å². The van der Waals surface area contributed by atoms with Gasteiger partial charge < -0.3 is 10.2 Å². The van der Waals surface area contributed by atoms with E-state index in [1.54, 1.807) is 0 Å². The van der Waals surface area contributed by atoms with Gasteiger partial charge in [0.1, 0.15) is 0 Å². The summed E-state index contributed by atoms with van der Waals surface area (Å²) in [4.78, 5) is 0. The SMILES string of the molecule is CC.CC.CC.CC12CCC(O)CC1CCC1C2CCC2(C)C1CC[C@@H]2CCCCCO. The second-order valence-electron chi connectivity index (χ2n) is 11.0. The normalized spacial score (nSPS) is 41.8. The molecule has 4 rings (SSSR count). The van der Waals surface area contributed by atoms with Gasteiger partial charge in [-0.05, 0) is 111 Å². The Kier molecular flexibility index (Phi) is 13.4. The first-order valence-electron chi connectivity index (χ1n) is 14.8. The van der Waals surface area contributed by atoms with Crippen LogP contribution >= 0.6 is 0 Å². The summed E-state index contributed by atoms with van der Waals surface area (Å²) < 4.78 is 0. The van der Waals surface area contributed by atoms with Gasteiger partial charge in [0, 0.05) is 6.61 Å². The average Bonchev–Trinajstić information content (AvgIpc) is 3.17. The van der Waals surface area contributed by atoms with Gasteiger partial charge in [-0.2, -0.15) is 0 Å². The van der Waals surface area contributed by atoms with Crippen molar-refractivity contribution in [3.8, 4) is 0 Å². The van der Waals surface area contributed by atoms with Gasteiger partial charge in [0.15, 0.2) is 0 Å². The molecule has 0 aromatic carbocycles. The maximum atomic E-state index is 10.2.